The van der Waals surface area contributed by atoms with E-state index in [9.17, 15) is 9.59 Å². The number of thiazole rings is 1. The van der Waals surface area contributed by atoms with Gasteiger partial charge in [-0.1, -0.05) is 29.0 Å². The molecule has 0 saturated heterocycles. The minimum atomic E-state index is -0.239. The van der Waals surface area contributed by atoms with E-state index in [2.05, 4.69) is 15.6 Å². The molecule has 6 nitrogen and oxygen atoms in total. The standard InChI is InChI=1S/C19H22N4O2S/c1-11-6-8-12(9-7-11)16(24)22-18-21-15-14(26-18)13(17(25)20-5)10-23(15)19(2,3)4/h6-10H,1-5H3,(H,20,25)(H,21,22,24). The monoisotopic (exact) mass is 370 g/mol. The molecule has 0 saturated carbocycles. The Morgan fingerprint density at radius 3 is 2.35 bits per heavy atom. The summed E-state index contributed by atoms with van der Waals surface area (Å²) in [6.45, 7) is 8.11. The first-order valence-corrected chi connectivity index (χ1v) is 9.15. The highest BCUT2D eigenvalue weighted by atomic mass is 32.1. The molecule has 0 spiro atoms. The first kappa shape index (κ1) is 18.1. The number of hydrogen-bond donors (Lipinski definition) is 2. The molecule has 0 aliphatic rings. The maximum Gasteiger partial charge on any atom is 0.257 e. The lowest BCUT2D eigenvalue weighted by atomic mass is 10.1. The number of fused-ring (bicyclic) bond motifs is 1. The Labute approximate surface area is 156 Å². The van der Waals surface area contributed by atoms with Crippen molar-refractivity contribution >= 4 is 38.6 Å². The van der Waals surface area contributed by atoms with Crippen LogP contribution in [-0.2, 0) is 5.54 Å². The van der Waals surface area contributed by atoms with E-state index in [1.54, 1.807) is 19.2 Å². The van der Waals surface area contributed by atoms with E-state index in [1.165, 1.54) is 11.3 Å². The zero-order chi connectivity index (χ0) is 19.1. The van der Waals surface area contributed by atoms with Gasteiger partial charge in [0.05, 0.1) is 10.3 Å². The first-order chi connectivity index (χ1) is 12.2. The summed E-state index contributed by atoms with van der Waals surface area (Å²) in [5.41, 5.74) is 2.68. The number of aryl methyl sites for hydroxylation is 1. The highest BCUT2D eigenvalue weighted by Crippen LogP contribution is 2.34. The van der Waals surface area contributed by atoms with Crippen molar-refractivity contribution in [1.29, 1.82) is 0 Å². The maximum atomic E-state index is 12.5. The molecular weight excluding hydrogens is 348 g/mol. The third kappa shape index (κ3) is 3.35. The van der Waals surface area contributed by atoms with Gasteiger partial charge in [-0.05, 0) is 39.8 Å². The van der Waals surface area contributed by atoms with Gasteiger partial charge in [-0.3, -0.25) is 14.9 Å². The fourth-order valence-corrected chi connectivity index (χ4v) is 3.59. The van der Waals surface area contributed by atoms with Crippen molar-refractivity contribution in [2.24, 2.45) is 0 Å². The van der Waals surface area contributed by atoms with Crippen molar-refractivity contribution in [3.05, 3.63) is 47.2 Å². The summed E-state index contributed by atoms with van der Waals surface area (Å²) in [6.07, 6.45) is 1.82. The van der Waals surface area contributed by atoms with Gasteiger partial charge in [0, 0.05) is 24.3 Å². The first-order valence-electron chi connectivity index (χ1n) is 8.33. The van der Waals surface area contributed by atoms with Crippen LogP contribution in [0, 0.1) is 6.92 Å². The zero-order valence-corrected chi connectivity index (χ0v) is 16.3. The maximum absolute atomic E-state index is 12.5. The number of carbonyl (C=O) groups is 2. The Morgan fingerprint density at radius 2 is 1.77 bits per heavy atom. The van der Waals surface area contributed by atoms with Crippen LogP contribution in [0.4, 0.5) is 5.13 Å². The molecule has 7 heteroatoms. The molecule has 3 aromatic rings. The quantitative estimate of drug-likeness (QED) is 0.737. The third-order valence-electron chi connectivity index (χ3n) is 4.07. The van der Waals surface area contributed by atoms with Crippen LogP contribution in [0.15, 0.2) is 30.5 Å². The van der Waals surface area contributed by atoms with Gasteiger partial charge in [-0.2, -0.15) is 0 Å². The minimum Gasteiger partial charge on any atom is -0.355 e. The fourth-order valence-electron chi connectivity index (χ4n) is 2.64. The summed E-state index contributed by atoms with van der Waals surface area (Å²) >= 11 is 1.31. The number of hydrogen-bond acceptors (Lipinski definition) is 4. The summed E-state index contributed by atoms with van der Waals surface area (Å²) in [7, 11) is 1.60. The van der Waals surface area contributed by atoms with Gasteiger partial charge < -0.3 is 9.88 Å². The van der Waals surface area contributed by atoms with Crippen LogP contribution >= 0.6 is 11.3 Å². The average Bonchev–Trinajstić information content (AvgIpc) is 3.12. The van der Waals surface area contributed by atoms with E-state index < -0.39 is 0 Å². The van der Waals surface area contributed by atoms with E-state index in [1.807, 2.05) is 50.6 Å². The van der Waals surface area contributed by atoms with Crippen molar-refractivity contribution in [1.82, 2.24) is 14.9 Å². The van der Waals surface area contributed by atoms with Gasteiger partial charge in [0.15, 0.2) is 10.8 Å². The Kier molecular flexibility index (Phi) is 4.58. The molecule has 0 fully saturated rings. The number of rotatable bonds is 3. The predicted octanol–water partition coefficient (Wildman–Crippen LogP) is 3.77. The van der Waals surface area contributed by atoms with E-state index in [4.69, 9.17) is 0 Å². The number of anilines is 1. The van der Waals surface area contributed by atoms with E-state index in [-0.39, 0.29) is 17.4 Å². The van der Waals surface area contributed by atoms with Crippen molar-refractivity contribution in [2.75, 3.05) is 12.4 Å². The predicted molar refractivity (Wildman–Crippen MR) is 105 cm³/mol. The van der Waals surface area contributed by atoms with E-state index in [0.717, 1.165) is 10.3 Å². The molecule has 0 radical (unpaired) electrons. The van der Waals surface area contributed by atoms with Crippen molar-refractivity contribution in [3.8, 4) is 0 Å². The Bertz CT molecular complexity index is 978. The average molecular weight is 370 g/mol. The lowest BCUT2D eigenvalue weighted by Crippen LogP contribution is -2.22. The zero-order valence-electron chi connectivity index (χ0n) is 15.5. The van der Waals surface area contributed by atoms with Crippen molar-refractivity contribution in [2.45, 2.75) is 33.2 Å². The SMILES string of the molecule is CNC(=O)c1cn(C(C)(C)C)c2nc(NC(=O)c3ccc(C)cc3)sc12. The number of carbonyl (C=O) groups excluding carboxylic acids is 2. The van der Waals surface area contributed by atoms with Gasteiger partial charge in [-0.15, -0.1) is 0 Å². The largest absolute Gasteiger partial charge is 0.355 e. The van der Waals surface area contributed by atoms with E-state index >= 15 is 0 Å². The van der Waals surface area contributed by atoms with Gasteiger partial charge in [0.2, 0.25) is 0 Å². The van der Waals surface area contributed by atoms with Gasteiger partial charge in [-0.25, -0.2) is 4.98 Å². The minimum absolute atomic E-state index is 0.168. The van der Waals surface area contributed by atoms with Crippen molar-refractivity contribution in [3.63, 3.8) is 0 Å². The number of benzene rings is 1. The second-order valence-electron chi connectivity index (χ2n) is 7.15. The molecule has 0 unspecified atom stereocenters. The van der Waals surface area contributed by atoms with Crippen LogP contribution in [0.1, 0.15) is 47.1 Å². The molecule has 26 heavy (non-hydrogen) atoms. The van der Waals surface area contributed by atoms with Crippen LogP contribution in [0.3, 0.4) is 0 Å². The highest BCUT2D eigenvalue weighted by Gasteiger charge is 2.25. The molecule has 2 N–H and O–H groups in total. The van der Waals surface area contributed by atoms with Gasteiger partial charge in [0.25, 0.3) is 11.8 Å². The molecular formula is C19H22N4O2S. The molecule has 2 amide bonds. The highest BCUT2D eigenvalue weighted by molar-refractivity contribution is 7.22. The van der Waals surface area contributed by atoms with Gasteiger partial charge in [0.1, 0.15) is 0 Å². The summed E-state index contributed by atoms with van der Waals surface area (Å²) in [6, 6.07) is 7.35. The molecule has 0 aliphatic carbocycles. The molecule has 1 aromatic carbocycles. The van der Waals surface area contributed by atoms with Gasteiger partial charge >= 0.3 is 0 Å². The molecule has 136 valence electrons. The van der Waals surface area contributed by atoms with Crippen LogP contribution in [0.2, 0.25) is 0 Å². The smallest absolute Gasteiger partial charge is 0.257 e. The van der Waals surface area contributed by atoms with Crippen LogP contribution < -0.4 is 10.6 Å². The second kappa shape index (κ2) is 6.57. The van der Waals surface area contributed by atoms with E-state index in [0.29, 0.717) is 21.9 Å². The summed E-state index contributed by atoms with van der Waals surface area (Å²) < 4.78 is 2.73. The summed E-state index contributed by atoms with van der Waals surface area (Å²) in [5, 5.41) is 5.97. The Balaban J connectivity index is 2.00. The fraction of sp³-hybridized carbons (Fsp3) is 0.316. The summed E-state index contributed by atoms with van der Waals surface area (Å²) in [5.74, 6) is -0.386. The van der Waals surface area contributed by atoms with Crippen LogP contribution in [0.5, 0.6) is 0 Å². The topological polar surface area (TPSA) is 76.0 Å². The lowest BCUT2D eigenvalue weighted by Gasteiger charge is -2.21. The lowest BCUT2D eigenvalue weighted by molar-refractivity contribution is 0.0963. The summed E-state index contributed by atoms with van der Waals surface area (Å²) in [4.78, 5) is 29.2. The second-order valence-corrected chi connectivity index (χ2v) is 8.15. The molecule has 0 atom stereocenters. The molecule has 0 bridgehead atoms. The molecule has 3 rings (SSSR count). The molecule has 0 aliphatic heterocycles. The van der Waals surface area contributed by atoms with Crippen molar-refractivity contribution < 1.29 is 9.59 Å². The molecule has 2 aromatic heterocycles. The Hall–Kier alpha value is -2.67. The molecule has 2 heterocycles. The normalized spacial score (nSPS) is 11.6. The number of amides is 2. The number of nitrogens with one attached hydrogen (secondary N) is 2. The van der Waals surface area contributed by atoms with Crippen LogP contribution in [-0.4, -0.2) is 28.4 Å². The number of nitrogens with zero attached hydrogens (tertiary/aromatic N) is 2. The Morgan fingerprint density at radius 1 is 1.12 bits per heavy atom. The third-order valence-corrected chi connectivity index (χ3v) is 5.06. The number of aromatic nitrogens is 2. The van der Waals surface area contributed by atoms with Crippen LogP contribution in [0.25, 0.3) is 10.3 Å².